The molecule has 18 heavy (non-hydrogen) atoms. The van der Waals surface area contributed by atoms with Crippen LogP contribution < -0.4 is 0 Å². The summed E-state index contributed by atoms with van der Waals surface area (Å²) >= 11 is 3.49. The fourth-order valence-electron chi connectivity index (χ4n) is 3.20. The fraction of sp³-hybridized carbons (Fsp3) is 0.600. The molecule has 1 saturated heterocycles. The summed E-state index contributed by atoms with van der Waals surface area (Å²) in [7, 11) is 0. The van der Waals surface area contributed by atoms with Gasteiger partial charge in [0.2, 0.25) is 0 Å². The zero-order valence-electron chi connectivity index (χ0n) is 10.6. The molecule has 2 nitrogen and oxygen atoms in total. The van der Waals surface area contributed by atoms with Gasteiger partial charge in [-0.2, -0.15) is 0 Å². The Morgan fingerprint density at radius 1 is 1.17 bits per heavy atom. The molecule has 3 heteroatoms. The van der Waals surface area contributed by atoms with Crippen LogP contribution in [0.1, 0.15) is 31.2 Å². The molecule has 98 valence electrons. The molecular weight excluding hydrogens is 290 g/mol. The lowest BCUT2D eigenvalue weighted by Crippen LogP contribution is -2.52. The molecule has 0 spiro atoms. The zero-order valence-corrected chi connectivity index (χ0v) is 12.2. The van der Waals surface area contributed by atoms with Gasteiger partial charge >= 0.3 is 0 Å². The third kappa shape index (κ3) is 2.79. The van der Waals surface area contributed by atoms with Crippen LogP contribution in [0.4, 0.5) is 0 Å². The lowest BCUT2D eigenvalue weighted by molar-refractivity contribution is -0.0911. The predicted octanol–water partition coefficient (Wildman–Crippen LogP) is 3.59. The van der Waals surface area contributed by atoms with Crippen LogP contribution in [0.25, 0.3) is 0 Å². The monoisotopic (exact) mass is 309 g/mol. The van der Waals surface area contributed by atoms with E-state index in [9.17, 15) is 0 Å². The summed E-state index contributed by atoms with van der Waals surface area (Å²) in [6, 6.07) is 9.35. The molecule has 1 aromatic rings. The summed E-state index contributed by atoms with van der Waals surface area (Å²) in [4.78, 5) is 2.62. The molecule has 0 amide bonds. The molecule has 0 radical (unpaired) electrons. The van der Waals surface area contributed by atoms with Gasteiger partial charge in [-0.3, -0.25) is 4.90 Å². The summed E-state index contributed by atoms with van der Waals surface area (Å²) in [5.41, 5.74) is 1.41. The van der Waals surface area contributed by atoms with Gasteiger partial charge in [0, 0.05) is 23.6 Å². The third-order valence-corrected chi connectivity index (χ3v) is 4.67. The first-order chi connectivity index (χ1) is 8.83. The number of fused-ring (bicyclic) bond motifs is 1. The molecule has 1 saturated carbocycles. The third-order valence-electron chi connectivity index (χ3n) is 4.15. The fourth-order valence-corrected chi connectivity index (χ4v) is 3.46. The second-order valence-corrected chi connectivity index (χ2v) is 6.27. The minimum Gasteiger partial charge on any atom is -0.375 e. The van der Waals surface area contributed by atoms with Gasteiger partial charge in [0.15, 0.2) is 0 Å². The van der Waals surface area contributed by atoms with Crippen molar-refractivity contribution in [2.45, 2.75) is 44.4 Å². The second-order valence-electron chi connectivity index (χ2n) is 5.36. The van der Waals surface area contributed by atoms with E-state index in [0.717, 1.165) is 24.2 Å². The summed E-state index contributed by atoms with van der Waals surface area (Å²) in [6.07, 6.45) is 5.75. The molecule has 2 fully saturated rings. The van der Waals surface area contributed by atoms with E-state index in [-0.39, 0.29) is 0 Å². The van der Waals surface area contributed by atoms with Crippen LogP contribution in [0.2, 0.25) is 0 Å². The van der Waals surface area contributed by atoms with Gasteiger partial charge in [0.25, 0.3) is 0 Å². The van der Waals surface area contributed by atoms with Crippen molar-refractivity contribution in [1.82, 2.24) is 4.90 Å². The van der Waals surface area contributed by atoms with E-state index in [0.29, 0.717) is 12.1 Å². The quantitative estimate of drug-likeness (QED) is 0.828. The van der Waals surface area contributed by atoms with Crippen LogP contribution in [-0.4, -0.2) is 30.2 Å². The van der Waals surface area contributed by atoms with Crippen LogP contribution in [-0.2, 0) is 11.3 Å². The van der Waals surface area contributed by atoms with Gasteiger partial charge in [-0.25, -0.2) is 0 Å². The molecule has 1 aliphatic heterocycles. The number of morpholine rings is 1. The average Bonchev–Trinajstić information content (AvgIpc) is 2.42. The summed E-state index contributed by atoms with van der Waals surface area (Å²) in [5, 5.41) is 0. The smallest absolute Gasteiger partial charge is 0.0731 e. The van der Waals surface area contributed by atoms with Crippen LogP contribution in [0.3, 0.4) is 0 Å². The summed E-state index contributed by atoms with van der Waals surface area (Å²) in [5.74, 6) is 0. The van der Waals surface area contributed by atoms with E-state index in [1.807, 2.05) is 0 Å². The van der Waals surface area contributed by atoms with E-state index in [1.54, 1.807) is 0 Å². The topological polar surface area (TPSA) is 12.5 Å². The van der Waals surface area contributed by atoms with Crippen molar-refractivity contribution in [2.75, 3.05) is 13.2 Å². The molecule has 3 rings (SSSR count). The number of benzene rings is 1. The summed E-state index contributed by atoms with van der Waals surface area (Å²) in [6.45, 7) is 3.05. The molecule has 2 aliphatic rings. The number of hydrogen-bond donors (Lipinski definition) is 0. The van der Waals surface area contributed by atoms with E-state index in [1.165, 1.54) is 31.2 Å². The van der Waals surface area contributed by atoms with Crippen LogP contribution in [0.5, 0.6) is 0 Å². The highest BCUT2D eigenvalue weighted by molar-refractivity contribution is 9.10. The van der Waals surface area contributed by atoms with E-state index in [4.69, 9.17) is 4.74 Å². The maximum atomic E-state index is 5.92. The Balaban J connectivity index is 1.69. The van der Waals surface area contributed by atoms with E-state index in [2.05, 4.69) is 45.1 Å². The molecule has 0 bridgehead atoms. The van der Waals surface area contributed by atoms with Crippen molar-refractivity contribution in [3.8, 4) is 0 Å². The van der Waals surface area contributed by atoms with Gasteiger partial charge < -0.3 is 4.74 Å². The average molecular weight is 310 g/mol. The van der Waals surface area contributed by atoms with Crippen molar-refractivity contribution in [1.29, 1.82) is 0 Å². The van der Waals surface area contributed by atoms with Crippen molar-refractivity contribution >= 4 is 15.9 Å². The lowest BCUT2D eigenvalue weighted by Gasteiger charge is -2.43. The highest BCUT2D eigenvalue weighted by Gasteiger charge is 2.33. The van der Waals surface area contributed by atoms with Crippen LogP contribution >= 0.6 is 15.9 Å². The Morgan fingerprint density at radius 3 is 2.78 bits per heavy atom. The largest absolute Gasteiger partial charge is 0.375 e. The first-order valence-corrected chi connectivity index (χ1v) is 7.72. The normalized spacial score (nSPS) is 28.9. The number of rotatable bonds is 2. The van der Waals surface area contributed by atoms with Gasteiger partial charge in [-0.1, -0.05) is 40.9 Å². The molecule has 1 heterocycles. The Kier molecular flexibility index (Phi) is 4.02. The maximum absolute atomic E-state index is 5.92. The Labute approximate surface area is 117 Å². The molecular formula is C15H20BrNO. The lowest BCUT2D eigenvalue weighted by atomic mass is 9.90. The van der Waals surface area contributed by atoms with Crippen molar-refractivity contribution in [3.63, 3.8) is 0 Å². The zero-order chi connectivity index (χ0) is 12.4. The number of ether oxygens (including phenoxy) is 1. The van der Waals surface area contributed by atoms with E-state index < -0.39 is 0 Å². The Bertz CT molecular complexity index is 390. The number of nitrogens with zero attached hydrogens (tertiary/aromatic N) is 1. The first-order valence-electron chi connectivity index (χ1n) is 6.93. The van der Waals surface area contributed by atoms with Crippen molar-refractivity contribution < 1.29 is 4.74 Å². The molecule has 1 aromatic carbocycles. The Morgan fingerprint density at radius 2 is 1.94 bits per heavy atom. The minimum atomic E-state index is 0.489. The molecule has 2 atom stereocenters. The molecule has 1 aliphatic carbocycles. The number of hydrogen-bond acceptors (Lipinski definition) is 2. The van der Waals surface area contributed by atoms with Gasteiger partial charge in [0.05, 0.1) is 12.7 Å². The second kappa shape index (κ2) is 5.72. The molecule has 0 N–H and O–H groups in total. The summed E-state index contributed by atoms with van der Waals surface area (Å²) < 4.78 is 7.08. The predicted molar refractivity (Wildman–Crippen MR) is 76.5 cm³/mol. The standard InChI is InChI=1S/C15H20BrNO/c16-13-7-5-12(6-8-13)11-17-9-10-18-15-4-2-1-3-14(15)17/h5-8,14-15H,1-4,9-11H2. The highest BCUT2D eigenvalue weighted by atomic mass is 79.9. The van der Waals surface area contributed by atoms with Gasteiger partial charge in [-0.15, -0.1) is 0 Å². The maximum Gasteiger partial charge on any atom is 0.0731 e. The van der Waals surface area contributed by atoms with Gasteiger partial charge in [0.1, 0.15) is 0 Å². The van der Waals surface area contributed by atoms with E-state index >= 15 is 0 Å². The van der Waals surface area contributed by atoms with Crippen molar-refractivity contribution in [3.05, 3.63) is 34.3 Å². The van der Waals surface area contributed by atoms with Gasteiger partial charge in [-0.05, 0) is 30.5 Å². The molecule has 0 aromatic heterocycles. The van der Waals surface area contributed by atoms with Crippen LogP contribution in [0, 0.1) is 0 Å². The highest BCUT2D eigenvalue weighted by Crippen LogP contribution is 2.29. The van der Waals surface area contributed by atoms with Crippen LogP contribution in [0.15, 0.2) is 28.7 Å². The minimum absolute atomic E-state index is 0.489. The first kappa shape index (κ1) is 12.6. The molecule has 2 unspecified atom stereocenters. The number of halogens is 1. The van der Waals surface area contributed by atoms with Crippen molar-refractivity contribution in [2.24, 2.45) is 0 Å². The Hall–Kier alpha value is -0.380. The SMILES string of the molecule is Brc1ccc(CN2CCOC3CCCCC32)cc1.